The predicted molar refractivity (Wildman–Crippen MR) is 115 cm³/mol. The molecule has 2 aromatic rings. The summed E-state index contributed by atoms with van der Waals surface area (Å²) < 4.78 is 1.74. The van der Waals surface area contributed by atoms with E-state index in [2.05, 4.69) is 27.2 Å². The van der Waals surface area contributed by atoms with E-state index in [9.17, 15) is 4.79 Å². The average molecular weight is 483 g/mol. The molecular formula is C18H26IN7O. The van der Waals surface area contributed by atoms with E-state index in [4.69, 9.17) is 4.99 Å². The lowest BCUT2D eigenvalue weighted by molar-refractivity contribution is -0.130. The highest BCUT2D eigenvalue weighted by atomic mass is 127. The van der Waals surface area contributed by atoms with Gasteiger partial charge in [0.15, 0.2) is 11.8 Å². The Balaban J connectivity index is 0.00000261. The van der Waals surface area contributed by atoms with Gasteiger partial charge >= 0.3 is 0 Å². The molecule has 27 heavy (non-hydrogen) atoms. The van der Waals surface area contributed by atoms with Crippen LogP contribution in [-0.4, -0.2) is 69.2 Å². The molecule has 0 aliphatic carbocycles. The summed E-state index contributed by atoms with van der Waals surface area (Å²) >= 11 is 0. The normalized spacial score (nSPS) is 14.7. The largest absolute Gasteiger partial charge is 0.357 e. The van der Waals surface area contributed by atoms with Crippen LogP contribution in [0.2, 0.25) is 0 Å². The van der Waals surface area contributed by atoms with Crippen LogP contribution >= 0.6 is 24.0 Å². The van der Waals surface area contributed by atoms with Crippen molar-refractivity contribution in [2.24, 2.45) is 4.99 Å². The summed E-state index contributed by atoms with van der Waals surface area (Å²) in [6, 6.07) is 5.83. The minimum Gasteiger partial charge on any atom is -0.357 e. The van der Waals surface area contributed by atoms with Crippen LogP contribution in [0.25, 0.3) is 5.82 Å². The lowest BCUT2D eigenvalue weighted by Gasteiger charge is -2.36. The van der Waals surface area contributed by atoms with E-state index in [1.54, 1.807) is 24.0 Å². The number of nitrogens with zero attached hydrogens (tertiary/aromatic N) is 6. The summed E-state index contributed by atoms with van der Waals surface area (Å²) in [4.78, 5) is 24.7. The van der Waals surface area contributed by atoms with Crippen molar-refractivity contribution >= 4 is 35.8 Å². The van der Waals surface area contributed by atoms with Gasteiger partial charge in [-0.05, 0) is 30.7 Å². The quantitative estimate of drug-likeness (QED) is 0.406. The summed E-state index contributed by atoms with van der Waals surface area (Å²) in [5.41, 5.74) is 1.07. The van der Waals surface area contributed by atoms with E-state index in [1.165, 1.54) is 0 Å². The van der Waals surface area contributed by atoms with Crippen molar-refractivity contribution in [3.8, 4) is 5.82 Å². The maximum Gasteiger partial charge on any atom is 0.219 e. The Morgan fingerprint density at radius 1 is 1.22 bits per heavy atom. The molecule has 1 N–H and O–H groups in total. The van der Waals surface area contributed by atoms with Gasteiger partial charge in [-0.1, -0.05) is 0 Å². The highest BCUT2D eigenvalue weighted by molar-refractivity contribution is 14.0. The molecule has 1 amide bonds. The van der Waals surface area contributed by atoms with Gasteiger partial charge in [0.25, 0.3) is 0 Å². The van der Waals surface area contributed by atoms with Gasteiger partial charge in [0.1, 0.15) is 0 Å². The molecule has 1 aliphatic heterocycles. The molecule has 146 valence electrons. The number of rotatable bonds is 4. The summed E-state index contributed by atoms with van der Waals surface area (Å²) in [5.74, 6) is 1.80. The van der Waals surface area contributed by atoms with Crippen molar-refractivity contribution in [1.82, 2.24) is 29.9 Å². The Morgan fingerprint density at radius 2 is 1.96 bits per heavy atom. The number of carbonyl (C=O) groups is 1. The number of aliphatic imine (C=N–C) groups is 1. The maximum absolute atomic E-state index is 11.5. The monoisotopic (exact) mass is 483 g/mol. The van der Waals surface area contributed by atoms with E-state index in [0.717, 1.165) is 50.1 Å². The third-order valence-corrected chi connectivity index (χ3v) is 4.32. The lowest BCUT2D eigenvalue weighted by Crippen LogP contribution is -2.53. The first-order valence-electron chi connectivity index (χ1n) is 8.91. The van der Waals surface area contributed by atoms with Crippen molar-refractivity contribution in [2.75, 3.05) is 32.7 Å². The number of carbonyl (C=O) groups excluding carboxylic acids is 1. The first-order valence-corrected chi connectivity index (χ1v) is 8.91. The Morgan fingerprint density at radius 3 is 2.59 bits per heavy atom. The molecule has 0 spiro atoms. The predicted octanol–water partition coefficient (Wildman–Crippen LogP) is 1.51. The number of nitrogens with one attached hydrogen (secondary N) is 1. The standard InChI is InChI=1S/C18H25N7O.HI/c1-3-19-18(24-11-9-23(10-12-24)15(2)26)21-14-16-5-7-20-17(13-16)25-8-4-6-22-25;/h4-8,13H,3,9-12,14H2,1-2H3,(H,19,21);1H. The van der Waals surface area contributed by atoms with E-state index in [0.29, 0.717) is 6.54 Å². The van der Waals surface area contributed by atoms with E-state index < -0.39 is 0 Å². The highest BCUT2D eigenvalue weighted by Gasteiger charge is 2.20. The van der Waals surface area contributed by atoms with Crippen LogP contribution in [0.5, 0.6) is 0 Å². The summed E-state index contributed by atoms with van der Waals surface area (Å²) in [7, 11) is 0. The van der Waals surface area contributed by atoms with Crippen LogP contribution in [-0.2, 0) is 11.3 Å². The molecule has 0 unspecified atom stereocenters. The number of aromatic nitrogens is 3. The van der Waals surface area contributed by atoms with Gasteiger partial charge in [-0.3, -0.25) is 4.79 Å². The SMILES string of the molecule is CCNC(=NCc1ccnc(-n2cccn2)c1)N1CCN(C(C)=O)CC1.I. The minimum absolute atomic E-state index is 0. The van der Waals surface area contributed by atoms with E-state index in [-0.39, 0.29) is 29.9 Å². The van der Waals surface area contributed by atoms with Crippen molar-refractivity contribution < 1.29 is 4.79 Å². The van der Waals surface area contributed by atoms with Gasteiger partial charge in [-0.25, -0.2) is 14.7 Å². The van der Waals surface area contributed by atoms with Crippen LogP contribution < -0.4 is 5.32 Å². The van der Waals surface area contributed by atoms with Crippen LogP contribution in [0.3, 0.4) is 0 Å². The second-order valence-electron chi connectivity index (χ2n) is 6.14. The first-order chi connectivity index (χ1) is 12.7. The first kappa shape index (κ1) is 21.1. The molecule has 0 radical (unpaired) electrons. The molecule has 8 nitrogen and oxygen atoms in total. The molecular weight excluding hydrogens is 457 g/mol. The molecule has 9 heteroatoms. The van der Waals surface area contributed by atoms with E-state index >= 15 is 0 Å². The number of hydrogen-bond acceptors (Lipinski definition) is 4. The van der Waals surface area contributed by atoms with Gasteiger partial charge in [-0.15, -0.1) is 24.0 Å². The summed E-state index contributed by atoms with van der Waals surface area (Å²) in [6.45, 7) is 8.10. The smallest absolute Gasteiger partial charge is 0.219 e. The molecule has 3 heterocycles. The minimum atomic E-state index is 0. The Kier molecular flexibility index (Phi) is 8.01. The highest BCUT2D eigenvalue weighted by Crippen LogP contribution is 2.09. The average Bonchev–Trinajstić information content (AvgIpc) is 3.20. The zero-order chi connectivity index (χ0) is 18.4. The summed E-state index contributed by atoms with van der Waals surface area (Å²) in [5, 5.41) is 7.56. The molecule has 0 aromatic carbocycles. The topological polar surface area (TPSA) is 78.7 Å². The maximum atomic E-state index is 11.5. The van der Waals surface area contributed by atoms with Crippen LogP contribution in [0.1, 0.15) is 19.4 Å². The molecule has 1 fully saturated rings. The van der Waals surface area contributed by atoms with Gasteiger partial charge in [0.05, 0.1) is 6.54 Å². The van der Waals surface area contributed by atoms with Crippen molar-refractivity contribution in [2.45, 2.75) is 20.4 Å². The number of pyridine rings is 1. The second-order valence-corrected chi connectivity index (χ2v) is 6.14. The van der Waals surface area contributed by atoms with Gasteiger partial charge in [-0.2, -0.15) is 5.10 Å². The Hall–Kier alpha value is -2.17. The number of amides is 1. The lowest BCUT2D eigenvalue weighted by atomic mass is 10.2. The fourth-order valence-electron chi connectivity index (χ4n) is 2.91. The third kappa shape index (κ3) is 5.65. The van der Waals surface area contributed by atoms with Gasteiger partial charge in [0, 0.05) is 58.2 Å². The molecule has 2 aromatic heterocycles. The number of halogens is 1. The third-order valence-electron chi connectivity index (χ3n) is 4.32. The fraction of sp³-hybridized carbons (Fsp3) is 0.444. The zero-order valence-electron chi connectivity index (χ0n) is 15.7. The number of guanidine groups is 1. The van der Waals surface area contributed by atoms with Gasteiger partial charge < -0.3 is 15.1 Å². The second kappa shape index (κ2) is 10.2. The van der Waals surface area contributed by atoms with Gasteiger partial charge in [0.2, 0.25) is 5.91 Å². The fourth-order valence-corrected chi connectivity index (χ4v) is 2.91. The Bertz CT molecular complexity index is 755. The number of piperazine rings is 1. The Labute approximate surface area is 176 Å². The van der Waals surface area contributed by atoms with Crippen molar-refractivity contribution in [1.29, 1.82) is 0 Å². The molecule has 3 rings (SSSR count). The van der Waals surface area contributed by atoms with E-state index in [1.807, 2.05) is 29.3 Å². The van der Waals surface area contributed by atoms with Crippen molar-refractivity contribution in [3.63, 3.8) is 0 Å². The molecule has 0 bridgehead atoms. The summed E-state index contributed by atoms with van der Waals surface area (Å²) in [6.07, 6.45) is 5.38. The van der Waals surface area contributed by atoms with Crippen molar-refractivity contribution in [3.05, 3.63) is 42.4 Å². The van der Waals surface area contributed by atoms with Crippen LogP contribution in [0.4, 0.5) is 0 Å². The zero-order valence-corrected chi connectivity index (χ0v) is 18.0. The van der Waals surface area contributed by atoms with Crippen LogP contribution in [0, 0.1) is 0 Å². The molecule has 0 atom stereocenters. The van der Waals surface area contributed by atoms with Crippen LogP contribution in [0.15, 0.2) is 41.8 Å². The number of hydrogen-bond donors (Lipinski definition) is 1. The molecule has 0 saturated carbocycles. The molecule has 1 aliphatic rings. The molecule has 1 saturated heterocycles.